The van der Waals surface area contributed by atoms with Gasteiger partial charge in [0.25, 0.3) is 0 Å². The van der Waals surface area contributed by atoms with Crippen LogP contribution in [0.15, 0.2) is 83.2 Å². The Bertz CT molecular complexity index is 1570. The molecule has 160 valence electrons. The summed E-state index contributed by atoms with van der Waals surface area (Å²) in [6.07, 6.45) is 8.97. The van der Waals surface area contributed by atoms with Gasteiger partial charge in [-0.3, -0.25) is 13.9 Å². The number of ketones is 1. The number of hydrogen-bond donors (Lipinski definition) is 0. The van der Waals surface area contributed by atoms with Crippen LogP contribution in [0.5, 0.6) is 0 Å². The third-order valence-electron chi connectivity index (χ3n) is 5.48. The number of rotatable bonds is 6. The number of carbonyl (C=O) groups excluding carboxylic acids is 1. The summed E-state index contributed by atoms with van der Waals surface area (Å²) in [5.74, 6) is 0.508. The van der Waals surface area contributed by atoms with Crippen molar-refractivity contribution in [3.63, 3.8) is 0 Å². The van der Waals surface area contributed by atoms with Crippen molar-refractivity contribution < 1.29 is 13.2 Å². The van der Waals surface area contributed by atoms with E-state index in [-0.39, 0.29) is 15.6 Å². The van der Waals surface area contributed by atoms with Crippen molar-refractivity contribution in [2.24, 2.45) is 7.05 Å². The standard InChI is InChI=1S/C23H19N5O3S/c1-27-20-3-2-4-22(19(20)14-26-27)32(30,31)18-8-5-16(6-9-18)7-10-21(29)17-13-25-23-24-11-12-28(23)15-17/h2-6,8-9,11-15H,7,10H2,1H3. The second kappa shape index (κ2) is 7.69. The van der Waals surface area contributed by atoms with E-state index >= 15 is 0 Å². The molecule has 0 spiro atoms. The van der Waals surface area contributed by atoms with Crippen molar-refractivity contribution in [2.45, 2.75) is 22.6 Å². The molecule has 0 bridgehead atoms. The topological polar surface area (TPSA) is 99.2 Å². The van der Waals surface area contributed by atoms with Crippen molar-refractivity contribution in [3.05, 3.63) is 84.6 Å². The maximum absolute atomic E-state index is 13.2. The molecule has 0 aliphatic carbocycles. The Balaban J connectivity index is 1.33. The van der Waals surface area contributed by atoms with Crippen LogP contribution in [-0.2, 0) is 23.3 Å². The predicted octanol–water partition coefficient (Wildman–Crippen LogP) is 3.26. The highest BCUT2D eigenvalue weighted by atomic mass is 32.2. The minimum atomic E-state index is -3.70. The quantitative estimate of drug-likeness (QED) is 0.372. The van der Waals surface area contributed by atoms with Crippen LogP contribution in [0.2, 0.25) is 0 Å². The van der Waals surface area contributed by atoms with Crippen LogP contribution in [0.3, 0.4) is 0 Å². The third-order valence-corrected chi connectivity index (χ3v) is 7.31. The average Bonchev–Trinajstić information content (AvgIpc) is 3.43. The fourth-order valence-electron chi connectivity index (χ4n) is 3.71. The molecule has 0 aliphatic rings. The molecule has 0 radical (unpaired) electrons. The van der Waals surface area contributed by atoms with Crippen LogP contribution in [0.1, 0.15) is 22.3 Å². The van der Waals surface area contributed by atoms with Gasteiger partial charge in [-0.05, 0) is 36.2 Å². The normalized spacial score (nSPS) is 11.9. The lowest BCUT2D eigenvalue weighted by molar-refractivity contribution is 0.0982. The minimum Gasteiger partial charge on any atom is -0.294 e. The van der Waals surface area contributed by atoms with Gasteiger partial charge in [-0.25, -0.2) is 18.4 Å². The molecule has 0 amide bonds. The minimum absolute atomic E-state index is 0.0342. The van der Waals surface area contributed by atoms with Gasteiger partial charge in [0, 0.05) is 43.6 Å². The molecule has 3 aromatic heterocycles. The molecule has 5 rings (SSSR count). The lowest BCUT2D eigenvalue weighted by Gasteiger charge is -2.08. The number of benzene rings is 2. The molecule has 2 aromatic carbocycles. The molecular formula is C23H19N5O3S. The zero-order valence-corrected chi connectivity index (χ0v) is 18.0. The molecule has 0 saturated heterocycles. The molecule has 0 aliphatic heterocycles. The van der Waals surface area contributed by atoms with Gasteiger partial charge >= 0.3 is 0 Å². The van der Waals surface area contributed by atoms with E-state index in [0.717, 1.165) is 11.1 Å². The largest absolute Gasteiger partial charge is 0.294 e. The number of imidazole rings is 1. The summed E-state index contributed by atoms with van der Waals surface area (Å²) >= 11 is 0. The van der Waals surface area contributed by atoms with E-state index in [4.69, 9.17) is 0 Å². The highest BCUT2D eigenvalue weighted by Gasteiger charge is 2.21. The molecule has 0 N–H and O–H groups in total. The van der Waals surface area contributed by atoms with E-state index in [1.807, 2.05) is 6.07 Å². The Morgan fingerprint density at radius 2 is 1.84 bits per heavy atom. The van der Waals surface area contributed by atoms with E-state index in [1.165, 1.54) is 6.20 Å². The van der Waals surface area contributed by atoms with Crippen molar-refractivity contribution in [3.8, 4) is 0 Å². The SMILES string of the molecule is Cn1ncc2c(S(=O)(=O)c3ccc(CCC(=O)c4cnc5nccn5c4)cc3)cccc21. The van der Waals surface area contributed by atoms with E-state index < -0.39 is 9.84 Å². The van der Waals surface area contributed by atoms with Gasteiger partial charge in [-0.2, -0.15) is 5.10 Å². The van der Waals surface area contributed by atoms with Gasteiger partial charge in [0.15, 0.2) is 5.78 Å². The van der Waals surface area contributed by atoms with Gasteiger partial charge in [0.1, 0.15) is 0 Å². The maximum Gasteiger partial charge on any atom is 0.233 e. The summed E-state index contributed by atoms with van der Waals surface area (Å²) in [6, 6.07) is 11.8. The number of sulfone groups is 1. The molecule has 0 saturated carbocycles. The number of nitrogens with zero attached hydrogens (tertiary/aromatic N) is 5. The molecule has 32 heavy (non-hydrogen) atoms. The summed E-state index contributed by atoms with van der Waals surface area (Å²) in [5.41, 5.74) is 2.15. The van der Waals surface area contributed by atoms with E-state index in [9.17, 15) is 13.2 Å². The van der Waals surface area contributed by atoms with Crippen molar-refractivity contribution >= 4 is 32.3 Å². The fraction of sp³-hybridized carbons (Fsp3) is 0.130. The molecule has 0 fully saturated rings. The number of aryl methyl sites for hydroxylation is 2. The van der Waals surface area contributed by atoms with Gasteiger partial charge in [0.05, 0.1) is 27.1 Å². The second-order valence-corrected chi connectivity index (χ2v) is 9.42. The maximum atomic E-state index is 13.2. The van der Waals surface area contributed by atoms with Crippen LogP contribution >= 0.6 is 0 Å². The summed E-state index contributed by atoms with van der Waals surface area (Å²) in [7, 11) is -1.92. The smallest absolute Gasteiger partial charge is 0.233 e. The summed E-state index contributed by atoms with van der Waals surface area (Å²) in [6.45, 7) is 0. The van der Waals surface area contributed by atoms with Crippen LogP contribution < -0.4 is 0 Å². The molecule has 8 nitrogen and oxygen atoms in total. The highest BCUT2D eigenvalue weighted by molar-refractivity contribution is 7.91. The van der Waals surface area contributed by atoms with Crippen LogP contribution in [0, 0.1) is 0 Å². The Kier molecular flexibility index (Phi) is 4.82. The first-order chi connectivity index (χ1) is 15.4. The van der Waals surface area contributed by atoms with Crippen molar-refractivity contribution in [1.29, 1.82) is 0 Å². The third kappa shape index (κ3) is 3.46. The van der Waals surface area contributed by atoms with Crippen LogP contribution in [-0.4, -0.2) is 38.4 Å². The molecule has 0 unspecified atom stereocenters. The lowest BCUT2D eigenvalue weighted by Crippen LogP contribution is -2.05. The molecule has 3 heterocycles. The summed E-state index contributed by atoms with van der Waals surface area (Å²) in [5, 5.41) is 4.76. The zero-order chi connectivity index (χ0) is 22.3. The van der Waals surface area contributed by atoms with E-state index in [0.29, 0.717) is 29.6 Å². The summed E-state index contributed by atoms with van der Waals surface area (Å²) < 4.78 is 29.7. The Hall–Kier alpha value is -3.85. The van der Waals surface area contributed by atoms with Crippen molar-refractivity contribution in [1.82, 2.24) is 24.1 Å². The Morgan fingerprint density at radius 3 is 2.66 bits per heavy atom. The predicted molar refractivity (Wildman–Crippen MR) is 118 cm³/mol. The molecular weight excluding hydrogens is 426 g/mol. The average molecular weight is 446 g/mol. The van der Waals surface area contributed by atoms with Gasteiger partial charge < -0.3 is 0 Å². The number of fused-ring (bicyclic) bond motifs is 2. The molecule has 0 atom stereocenters. The van der Waals surface area contributed by atoms with E-state index in [2.05, 4.69) is 15.1 Å². The van der Waals surface area contributed by atoms with Gasteiger partial charge in [0.2, 0.25) is 15.6 Å². The number of aromatic nitrogens is 5. The first-order valence-corrected chi connectivity index (χ1v) is 11.5. The highest BCUT2D eigenvalue weighted by Crippen LogP contribution is 2.28. The second-order valence-electron chi connectivity index (χ2n) is 7.50. The van der Waals surface area contributed by atoms with Crippen LogP contribution in [0.25, 0.3) is 16.7 Å². The van der Waals surface area contributed by atoms with Gasteiger partial charge in [-0.1, -0.05) is 18.2 Å². The number of hydrogen-bond acceptors (Lipinski definition) is 6. The lowest BCUT2D eigenvalue weighted by atomic mass is 10.0. The van der Waals surface area contributed by atoms with Crippen LogP contribution in [0.4, 0.5) is 0 Å². The first kappa shape index (κ1) is 20.1. The van der Waals surface area contributed by atoms with Gasteiger partial charge in [-0.15, -0.1) is 0 Å². The monoisotopic (exact) mass is 445 g/mol. The Labute approximate surface area is 184 Å². The zero-order valence-electron chi connectivity index (χ0n) is 17.2. The summed E-state index contributed by atoms with van der Waals surface area (Å²) in [4.78, 5) is 21.2. The number of Topliss-reactive ketones (excluding diaryl/α,β-unsaturated/α-hetero) is 1. The first-order valence-electron chi connectivity index (χ1n) is 10.0. The Morgan fingerprint density at radius 1 is 1.03 bits per heavy atom. The molecule has 5 aromatic rings. The van der Waals surface area contributed by atoms with E-state index in [1.54, 1.807) is 77.3 Å². The molecule has 9 heteroatoms. The number of carbonyl (C=O) groups is 1. The fourth-order valence-corrected chi connectivity index (χ4v) is 5.16. The van der Waals surface area contributed by atoms with Crippen molar-refractivity contribution in [2.75, 3.05) is 0 Å².